The van der Waals surface area contributed by atoms with Gasteiger partial charge >= 0.3 is 0 Å². The zero-order chi connectivity index (χ0) is 19.5. The molecule has 5 heteroatoms. The summed E-state index contributed by atoms with van der Waals surface area (Å²) in [6.07, 6.45) is 1.02. The molecule has 0 aliphatic carbocycles. The van der Waals surface area contributed by atoms with Crippen molar-refractivity contribution in [3.8, 4) is 0 Å². The summed E-state index contributed by atoms with van der Waals surface area (Å²) in [5, 5.41) is 6.37. The fourth-order valence-electron chi connectivity index (χ4n) is 5.40. The van der Waals surface area contributed by atoms with Gasteiger partial charge in [0.25, 0.3) is 5.91 Å². The lowest BCUT2D eigenvalue weighted by Gasteiger charge is -2.30. The molecule has 5 nitrogen and oxygen atoms in total. The van der Waals surface area contributed by atoms with E-state index in [-0.39, 0.29) is 23.8 Å². The van der Waals surface area contributed by atoms with Crippen molar-refractivity contribution < 1.29 is 9.59 Å². The van der Waals surface area contributed by atoms with E-state index in [0.717, 1.165) is 35.8 Å². The maximum atomic E-state index is 13.7. The van der Waals surface area contributed by atoms with E-state index in [1.54, 1.807) is 0 Å². The molecule has 6 rings (SSSR count). The van der Waals surface area contributed by atoms with Gasteiger partial charge in [-0.3, -0.25) is 9.59 Å². The summed E-state index contributed by atoms with van der Waals surface area (Å²) in [6.45, 7) is 1.72. The van der Waals surface area contributed by atoms with E-state index in [2.05, 4.69) is 22.2 Å². The van der Waals surface area contributed by atoms with Crippen molar-refractivity contribution in [1.29, 1.82) is 0 Å². The summed E-state index contributed by atoms with van der Waals surface area (Å²) in [5.74, 6) is -0.551. The van der Waals surface area contributed by atoms with Gasteiger partial charge in [0.05, 0.1) is 17.6 Å². The molecule has 0 spiro atoms. The summed E-state index contributed by atoms with van der Waals surface area (Å²) in [4.78, 5) is 28.8. The molecule has 0 saturated carbocycles. The van der Waals surface area contributed by atoms with Gasteiger partial charge in [-0.25, -0.2) is 14.9 Å². The Labute approximate surface area is 169 Å². The normalized spacial score (nSPS) is 27.0. The van der Waals surface area contributed by atoms with Gasteiger partial charge in [-0.2, -0.15) is 0 Å². The van der Waals surface area contributed by atoms with Crippen LogP contribution in [0.1, 0.15) is 18.0 Å². The van der Waals surface area contributed by atoms with Gasteiger partial charge in [0.15, 0.2) is 0 Å². The van der Waals surface area contributed by atoms with Crippen molar-refractivity contribution >= 4 is 28.3 Å². The topological polar surface area (TPSA) is 43.9 Å². The number of hydrazine groups is 1. The van der Waals surface area contributed by atoms with Gasteiger partial charge in [0.2, 0.25) is 5.91 Å². The monoisotopic (exact) mass is 383 g/mol. The lowest BCUT2D eigenvalue weighted by molar-refractivity contribution is -0.126. The van der Waals surface area contributed by atoms with E-state index in [1.807, 2.05) is 60.7 Å². The minimum Gasteiger partial charge on any atom is -0.274 e. The number of anilines is 1. The molecule has 3 atom stereocenters. The summed E-state index contributed by atoms with van der Waals surface area (Å²) < 4.78 is 0. The molecule has 3 unspecified atom stereocenters. The number of rotatable bonds is 2. The Morgan fingerprint density at radius 2 is 1.38 bits per heavy atom. The third-order valence-electron chi connectivity index (χ3n) is 6.55. The van der Waals surface area contributed by atoms with Crippen LogP contribution in [0.15, 0.2) is 72.8 Å². The molecule has 2 amide bonds. The van der Waals surface area contributed by atoms with E-state index in [0.29, 0.717) is 5.69 Å². The van der Waals surface area contributed by atoms with Crippen LogP contribution in [0.2, 0.25) is 0 Å². The third kappa shape index (κ3) is 2.29. The minimum atomic E-state index is -0.408. The van der Waals surface area contributed by atoms with Crippen LogP contribution in [0.5, 0.6) is 0 Å². The molecule has 144 valence electrons. The summed E-state index contributed by atoms with van der Waals surface area (Å²) >= 11 is 0. The molecule has 0 bridgehead atoms. The Morgan fingerprint density at radius 1 is 0.690 bits per heavy atom. The van der Waals surface area contributed by atoms with Gasteiger partial charge in [0, 0.05) is 18.5 Å². The van der Waals surface area contributed by atoms with Crippen LogP contribution in [-0.4, -0.2) is 41.0 Å². The van der Waals surface area contributed by atoms with E-state index < -0.39 is 6.04 Å². The molecule has 3 aliphatic heterocycles. The molecule has 0 aromatic heterocycles. The van der Waals surface area contributed by atoms with Crippen LogP contribution in [0, 0.1) is 5.92 Å². The fourth-order valence-corrected chi connectivity index (χ4v) is 5.40. The zero-order valence-corrected chi connectivity index (χ0v) is 15.9. The number of imide groups is 1. The molecular weight excluding hydrogens is 362 g/mol. The van der Waals surface area contributed by atoms with Crippen molar-refractivity contribution in [2.24, 2.45) is 5.92 Å². The molecule has 3 aromatic carbocycles. The van der Waals surface area contributed by atoms with Crippen LogP contribution in [0.4, 0.5) is 5.69 Å². The summed E-state index contributed by atoms with van der Waals surface area (Å²) in [6, 6.07) is 23.4. The highest BCUT2D eigenvalue weighted by molar-refractivity contribution is 6.26. The van der Waals surface area contributed by atoms with Crippen molar-refractivity contribution in [1.82, 2.24) is 10.0 Å². The Kier molecular flexibility index (Phi) is 3.63. The third-order valence-corrected chi connectivity index (χ3v) is 6.55. The molecule has 0 N–H and O–H groups in total. The number of hydrogen-bond acceptors (Lipinski definition) is 4. The Morgan fingerprint density at radius 3 is 2.21 bits per heavy atom. The van der Waals surface area contributed by atoms with E-state index in [9.17, 15) is 9.59 Å². The average molecular weight is 383 g/mol. The van der Waals surface area contributed by atoms with E-state index in [4.69, 9.17) is 0 Å². The first-order valence-corrected chi connectivity index (χ1v) is 10.2. The van der Waals surface area contributed by atoms with Crippen LogP contribution in [0.25, 0.3) is 10.8 Å². The van der Waals surface area contributed by atoms with Crippen molar-refractivity contribution in [2.75, 3.05) is 18.0 Å². The second-order valence-electron chi connectivity index (χ2n) is 8.02. The van der Waals surface area contributed by atoms with E-state index >= 15 is 0 Å². The van der Waals surface area contributed by atoms with Gasteiger partial charge < -0.3 is 0 Å². The number of carbonyl (C=O) groups is 2. The second-order valence-corrected chi connectivity index (χ2v) is 8.02. The van der Waals surface area contributed by atoms with Gasteiger partial charge in [-0.05, 0) is 23.4 Å². The average Bonchev–Trinajstić information content (AvgIpc) is 3.40. The van der Waals surface area contributed by atoms with Crippen molar-refractivity contribution in [2.45, 2.75) is 18.5 Å². The number of amides is 2. The summed E-state index contributed by atoms with van der Waals surface area (Å²) in [5.41, 5.74) is 1.80. The number of nitrogens with zero attached hydrogens (tertiary/aromatic N) is 3. The molecule has 3 aliphatic rings. The summed E-state index contributed by atoms with van der Waals surface area (Å²) in [7, 11) is 0. The number of fused-ring (bicyclic) bond motifs is 4. The molecule has 3 saturated heterocycles. The maximum absolute atomic E-state index is 13.7. The predicted octanol–water partition coefficient (Wildman–Crippen LogP) is 3.38. The van der Waals surface area contributed by atoms with Gasteiger partial charge in [-0.1, -0.05) is 66.7 Å². The van der Waals surface area contributed by atoms with Crippen LogP contribution in [0.3, 0.4) is 0 Å². The highest BCUT2D eigenvalue weighted by atomic mass is 16.2. The van der Waals surface area contributed by atoms with E-state index in [1.165, 1.54) is 4.90 Å². The molecule has 3 heterocycles. The predicted molar refractivity (Wildman–Crippen MR) is 111 cm³/mol. The quantitative estimate of drug-likeness (QED) is 0.637. The number of hydrogen-bond donors (Lipinski definition) is 0. The molecule has 3 aromatic rings. The van der Waals surface area contributed by atoms with Crippen LogP contribution < -0.4 is 4.90 Å². The minimum absolute atomic E-state index is 0.0832. The van der Waals surface area contributed by atoms with Crippen molar-refractivity contribution in [3.63, 3.8) is 0 Å². The lowest BCUT2D eigenvalue weighted by atomic mass is 9.90. The molecule has 0 radical (unpaired) electrons. The molecular formula is C24H21N3O2. The smallest absolute Gasteiger partial charge is 0.253 e. The first-order chi connectivity index (χ1) is 14.3. The molecule has 3 fully saturated rings. The lowest BCUT2D eigenvalue weighted by Crippen LogP contribution is -2.44. The molecule has 29 heavy (non-hydrogen) atoms. The largest absolute Gasteiger partial charge is 0.274 e. The van der Waals surface area contributed by atoms with Crippen LogP contribution in [-0.2, 0) is 9.59 Å². The van der Waals surface area contributed by atoms with Crippen molar-refractivity contribution in [3.05, 3.63) is 78.4 Å². The fraction of sp³-hybridized carbons (Fsp3) is 0.250. The zero-order valence-electron chi connectivity index (χ0n) is 15.9. The number of carbonyl (C=O) groups excluding carboxylic acids is 2. The standard InChI is InChI=1S/C24H21N3O2/c28-23-20-21(17-9-2-1-3-10-17)25-14-7-15-26(25)22(20)24(29)27(23)19-13-6-11-16-8-4-5-12-18(16)19/h1-6,8-13,20-22H,7,14-15H2. The first kappa shape index (κ1) is 16.9. The first-order valence-electron chi connectivity index (χ1n) is 10.2. The SMILES string of the molecule is O=C1C2C(C(=O)N1c1cccc3ccccc13)N1CCCN1C2c1ccccc1. The Balaban J connectivity index is 1.49. The Hall–Kier alpha value is -3.02. The van der Waals surface area contributed by atoms with Gasteiger partial charge in [0.1, 0.15) is 6.04 Å². The highest BCUT2D eigenvalue weighted by Gasteiger charge is 2.62. The number of benzene rings is 3. The van der Waals surface area contributed by atoms with Gasteiger partial charge in [-0.15, -0.1) is 0 Å². The maximum Gasteiger partial charge on any atom is 0.253 e. The van der Waals surface area contributed by atoms with Crippen LogP contribution >= 0.6 is 0 Å². The highest BCUT2D eigenvalue weighted by Crippen LogP contribution is 2.49. The second kappa shape index (κ2) is 6.24. The Bertz CT molecular complexity index is 1120.